The molecule has 0 aliphatic carbocycles. The smallest absolute Gasteiger partial charge is 0.124 e. The SMILES string of the molecule is CNC(C)c1csc(-c2ccccc2COC)n1. The van der Waals surface area contributed by atoms with E-state index in [1.807, 2.05) is 19.2 Å². The van der Waals surface area contributed by atoms with Crippen molar-refractivity contribution < 1.29 is 4.74 Å². The lowest BCUT2D eigenvalue weighted by Gasteiger charge is -2.07. The summed E-state index contributed by atoms with van der Waals surface area (Å²) < 4.78 is 5.23. The van der Waals surface area contributed by atoms with Crippen LogP contribution in [0.25, 0.3) is 10.6 Å². The van der Waals surface area contributed by atoms with Gasteiger partial charge in [-0.2, -0.15) is 0 Å². The first-order valence-electron chi connectivity index (χ1n) is 5.96. The highest BCUT2D eigenvalue weighted by molar-refractivity contribution is 7.13. The lowest BCUT2D eigenvalue weighted by Crippen LogP contribution is -2.12. The summed E-state index contributed by atoms with van der Waals surface area (Å²) in [5.41, 5.74) is 3.43. The number of rotatable bonds is 5. The summed E-state index contributed by atoms with van der Waals surface area (Å²) in [6.07, 6.45) is 0. The van der Waals surface area contributed by atoms with Gasteiger partial charge in [0.1, 0.15) is 5.01 Å². The minimum absolute atomic E-state index is 0.282. The molecule has 3 nitrogen and oxygen atoms in total. The molecule has 0 radical (unpaired) electrons. The van der Waals surface area contributed by atoms with Crippen molar-refractivity contribution in [3.63, 3.8) is 0 Å². The number of ether oxygens (including phenoxy) is 1. The minimum atomic E-state index is 0.282. The Labute approximate surface area is 112 Å². The van der Waals surface area contributed by atoms with Crippen LogP contribution >= 0.6 is 11.3 Å². The number of benzene rings is 1. The van der Waals surface area contributed by atoms with Crippen LogP contribution in [0.5, 0.6) is 0 Å². The van der Waals surface area contributed by atoms with Gasteiger partial charge in [0.15, 0.2) is 0 Å². The van der Waals surface area contributed by atoms with Gasteiger partial charge in [0, 0.05) is 24.1 Å². The first-order valence-corrected chi connectivity index (χ1v) is 6.84. The van der Waals surface area contributed by atoms with Crippen LogP contribution in [-0.4, -0.2) is 19.1 Å². The first-order chi connectivity index (χ1) is 8.76. The average molecular weight is 262 g/mol. The van der Waals surface area contributed by atoms with Gasteiger partial charge in [0.25, 0.3) is 0 Å². The molecule has 1 aromatic heterocycles. The van der Waals surface area contributed by atoms with Crippen molar-refractivity contribution in [2.75, 3.05) is 14.2 Å². The maximum absolute atomic E-state index is 5.23. The third kappa shape index (κ3) is 2.77. The van der Waals surface area contributed by atoms with Crippen LogP contribution in [0.1, 0.15) is 24.2 Å². The fraction of sp³-hybridized carbons (Fsp3) is 0.357. The van der Waals surface area contributed by atoms with E-state index in [0.29, 0.717) is 6.61 Å². The normalized spacial score (nSPS) is 12.6. The molecule has 2 rings (SSSR count). The number of nitrogens with one attached hydrogen (secondary N) is 1. The summed E-state index contributed by atoms with van der Waals surface area (Å²) in [6.45, 7) is 2.73. The molecule has 1 atom stereocenters. The number of methoxy groups -OCH3 is 1. The topological polar surface area (TPSA) is 34.1 Å². The van der Waals surface area contributed by atoms with Crippen molar-refractivity contribution >= 4 is 11.3 Å². The Morgan fingerprint density at radius 1 is 1.39 bits per heavy atom. The molecule has 96 valence electrons. The van der Waals surface area contributed by atoms with E-state index in [1.54, 1.807) is 18.4 Å². The Kier molecular flexibility index (Phi) is 4.47. The Morgan fingerprint density at radius 2 is 2.17 bits per heavy atom. The van der Waals surface area contributed by atoms with Gasteiger partial charge in [-0.15, -0.1) is 11.3 Å². The summed E-state index contributed by atoms with van der Waals surface area (Å²) in [5.74, 6) is 0. The fourth-order valence-corrected chi connectivity index (χ4v) is 2.74. The number of thiazole rings is 1. The quantitative estimate of drug-likeness (QED) is 0.898. The molecular formula is C14H18N2OS. The highest BCUT2D eigenvalue weighted by Gasteiger charge is 2.11. The molecular weight excluding hydrogens is 244 g/mol. The van der Waals surface area contributed by atoms with Crippen LogP contribution in [0, 0.1) is 0 Å². The predicted octanol–water partition coefficient (Wildman–Crippen LogP) is 3.24. The largest absolute Gasteiger partial charge is 0.380 e. The Bertz CT molecular complexity index is 510. The molecule has 1 N–H and O–H groups in total. The zero-order valence-corrected chi connectivity index (χ0v) is 11.8. The van der Waals surface area contributed by atoms with Crippen molar-refractivity contribution in [2.24, 2.45) is 0 Å². The molecule has 0 amide bonds. The first kappa shape index (κ1) is 13.2. The molecule has 0 aliphatic rings. The van der Waals surface area contributed by atoms with Crippen molar-refractivity contribution in [2.45, 2.75) is 19.6 Å². The van der Waals surface area contributed by atoms with Crippen LogP contribution in [-0.2, 0) is 11.3 Å². The van der Waals surface area contributed by atoms with E-state index in [2.05, 4.69) is 29.8 Å². The zero-order chi connectivity index (χ0) is 13.0. The second-order valence-electron chi connectivity index (χ2n) is 4.18. The maximum Gasteiger partial charge on any atom is 0.124 e. The molecule has 0 saturated heterocycles. The molecule has 2 aromatic rings. The van der Waals surface area contributed by atoms with Gasteiger partial charge < -0.3 is 10.1 Å². The molecule has 0 bridgehead atoms. The van der Waals surface area contributed by atoms with Crippen LogP contribution in [0.15, 0.2) is 29.6 Å². The van der Waals surface area contributed by atoms with Crippen LogP contribution in [0.4, 0.5) is 0 Å². The molecule has 0 aliphatic heterocycles. The number of aromatic nitrogens is 1. The average Bonchev–Trinajstić information content (AvgIpc) is 2.88. The summed E-state index contributed by atoms with van der Waals surface area (Å²) >= 11 is 1.68. The van der Waals surface area contributed by atoms with Gasteiger partial charge in [-0.1, -0.05) is 24.3 Å². The molecule has 0 fully saturated rings. The highest BCUT2D eigenvalue weighted by Crippen LogP contribution is 2.29. The standard InChI is InChI=1S/C14H18N2OS/c1-10(15-2)13-9-18-14(16-13)12-7-5-4-6-11(12)8-17-3/h4-7,9-10,15H,8H2,1-3H3. The third-order valence-electron chi connectivity index (χ3n) is 2.95. The summed E-state index contributed by atoms with van der Waals surface area (Å²) in [6, 6.07) is 8.53. The van der Waals surface area contributed by atoms with Gasteiger partial charge in [0.05, 0.1) is 12.3 Å². The van der Waals surface area contributed by atoms with Gasteiger partial charge in [0.2, 0.25) is 0 Å². The van der Waals surface area contributed by atoms with E-state index in [-0.39, 0.29) is 6.04 Å². The summed E-state index contributed by atoms with van der Waals surface area (Å²) in [5, 5.41) is 6.37. The molecule has 4 heteroatoms. The van der Waals surface area contributed by atoms with Crippen molar-refractivity contribution in [3.05, 3.63) is 40.9 Å². The van der Waals surface area contributed by atoms with E-state index < -0.39 is 0 Å². The highest BCUT2D eigenvalue weighted by atomic mass is 32.1. The minimum Gasteiger partial charge on any atom is -0.380 e. The third-order valence-corrected chi connectivity index (χ3v) is 3.84. The summed E-state index contributed by atoms with van der Waals surface area (Å²) in [7, 11) is 3.66. The van der Waals surface area contributed by atoms with Gasteiger partial charge in [-0.3, -0.25) is 0 Å². The Hall–Kier alpha value is -1.23. The van der Waals surface area contributed by atoms with Gasteiger partial charge >= 0.3 is 0 Å². The number of nitrogens with zero attached hydrogens (tertiary/aromatic N) is 1. The van der Waals surface area contributed by atoms with Crippen LogP contribution < -0.4 is 5.32 Å². The summed E-state index contributed by atoms with van der Waals surface area (Å²) in [4.78, 5) is 4.69. The van der Waals surface area contributed by atoms with Crippen molar-refractivity contribution in [3.8, 4) is 10.6 Å². The monoisotopic (exact) mass is 262 g/mol. The second kappa shape index (κ2) is 6.09. The van der Waals surface area contributed by atoms with E-state index >= 15 is 0 Å². The molecule has 0 spiro atoms. The van der Waals surface area contributed by atoms with Crippen LogP contribution in [0.2, 0.25) is 0 Å². The second-order valence-corrected chi connectivity index (χ2v) is 5.04. The number of hydrogen-bond donors (Lipinski definition) is 1. The Balaban J connectivity index is 2.33. The van der Waals surface area contributed by atoms with E-state index in [9.17, 15) is 0 Å². The lowest BCUT2D eigenvalue weighted by molar-refractivity contribution is 0.185. The van der Waals surface area contributed by atoms with E-state index in [0.717, 1.165) is 10.7 Å². The predicted molar refractivity (Wildman–Crippen MR) is 75.7 cm³/mol. The van der Waals surface area contributed by atoms with Gasteiger partial charge in [-0.05, 0) is 19.5 Å². The number of hydrogen-bond acceptors (Lipinski definition) is 4. The van der Waals surface area contributed by atoms with E-state index in [4.69, 9.17) is 9.72 Å². The van der Waals surface area contributed by atoms with Crippen molar-refractivity contribution in [1.82, 2.24) is 10.3 Å². The van der Waals surface area contributed by atoms with Gasteiger partial charge in [-0.25, -0.2) is 4.98 Å². The van der Waals surface area contributed by atoms with Crippen LogP contribution in [0.3, 0.4) is 0 Å². The molecule has 1 aromatic carbocycles. The maximum atomic E-state index is 5.23. The molecule has 1 heterocycles. The Morgan fingerprint density at radius 3 is 2.89 bits per heavy atom. The van der Waals surface area contributed by atoms with Crippen molar-refractivity contribution in [1.29, 1.82) is 0 Å². The molecule has 18 heavy (non-hydrogen) atoms. The molecule has 0 saturated carbocycles. The lowest BCUT2D eigenvalue weighted by atomic mass is 10.1. The fourth-order valence-electron chi connectivity index (χ4n) is 1.77. The zero-order valence-electron chi connectivity index (χ0n) is 10.9. The van der Waals surface area contributed by atoms with E-state index in [1.165, 1.54) is 11.1 Å². The molecule has 1 unspecified atom stereocenters.